The smallest absolute Gasteiger partial charge is 0.276 e. The van der Waals surface area contributed by atoms with Crippen molar-refractivity contribution in [1.29, 1.82) is 0 Å². The van der Waals surface area contributed by atoms with E-state index in [1.807, 2.05) is 31.2 Å². The fourth-order valence-corrected chi connectivity index (χ4v) is 4.05. The van der Waals surface area contributed by atoms with Crippen molar-refractivity contribution in [3.63, 3.8) is 0 Å². The molecule has 1 aromatic heterocycles. The van der Waals surface area contributed by atoms with Crippen molar-refractivity contribution in [3.8, 4) is 0 Å². The lowest BCUT2D eigenvalue weighted by atomic mass is 10.1. The molecule has 1 saturated heterocycles. The first-order valence-electron chi connectivity index (χ1n) is 9.55. The van der Waals surface area contributed by atoms with E-state index in [1.165, 1.54) is 19.3 Å². The van der Waals surface area contributed by atoms with Gasteiger partial charge in [0.25, 0.3) is 5.91 Å². The van der Waals surface area contributed by atoms with Gasteiger partial charge in [0.2, 0.25) is 5.91 Å². The molecule has 2 aromatic rings. The number of nitrogens with zero attached hydrogens (tertiary/aromatic N) is 4. The molecule has 1 fully saturated rings. The van der Waals surface area contributed by atoms with Crippen LogP contribution in [-0.4, -0.2) is 46.1 Å². The average molecular weight is 367 g/mol. The lowest BCUT2D eigenvalue weighted by Gasteiger charge is -2.28. The number of fused-ring (bicyclic) bond motifs is 2. The van der Waals surface area contributed by atoms with Crippen LogP contribution in [-0.2, 0) is 11.8 Å². The summed E-state index contributed by atoms with van der Waals surface area (Å²) in [6.07, 6.45) is 4.09. The minimum atomic E-state index is -0.244. The molecule has 0 aliphatic carbocycles. The van der Waals surface area contributed by atoms with Crippen LogP contribution in [0, 0.1) is 6.92 Å². The van der Waals surface area contributed by atoms with Gasteiger partial charge in [0.1, 0.15) is 5.69 Å². The SMILES string of the molecule is Cc1nn(C)c2c1N(C(=O)CCN1CCCCC1)c1ccccc1NC2=O. The van der Waals surface area contributed by atoms with Crippen LogP contribution in [0.25, 0.3) is 0 Å². The second kappa shape index (κ2) is 7.15. The summed E-state index contributed by atoms with van der Waals surface area (Å²) in [7, 11) is 1.73. The Kier molecular flexibility index (Phi) is 4.70. The van der Waals surface area contributed by atoms with E-state index >= 15 is 0 Å². The van der Waals surface area contributed by atoms with Gasteiger partial charge in [-0.2, -0.15) is 5.10 Å². The van der Waals surface area contributed by atoms with Crippen molar-refractivity contribution in [2.24, 2.45) is 7.05 Å². The van der Waals surface area contributed by atoms with Gasteiger partial charge in [-0.05, 0) is 45.0 Å². The topological polar surface area (TPSA) is 70.5 Å². The number of hydrogen-bond acceptors (Lipinski definition) is 4. The molecule has 0 spiro atoms. The number of aryl methyl sites for hydroxylation is 2. The summed E-state index contributed by atoms with van der Waals surface area (Å²) < 4.78 is 1.55. The van der Waals surface area contributed by atoms with E-state index in [2.05, 4.69) is 15.3 Å². The molecule has 2 aliphatic rings. The quantitative estimate of drug-likeness (QED) is 0.906. The zero-order valence-corrected chi connectivity index (χ0v) is 15.9. The number of aromatic nitrogens is 2. The molecule has 2 amide bonds. The van der Waals surface area contributed by atoms with E-state index in [9.17, 15) is 9.59 Å². The maximum Gasteiger partial charge on any atom is 0.276 e. The van der Waals surface area contributed by atoms with Gasteiger partial charge in [-0.1, -0.05) is 18.6 Å². The van der Waals surface area contributed by atoms with E-state index in [-0.39, 0.29) is 11.8 Å². The van der Waals surface area contributed by atoms with E-state index < -0.39 is 0 Å². The van der Waals surface area contributed by atoms with Crippen molar-refractivity contribution >= 4 is 28.9 Å². The summed E-state index contributed by atoms with van der Waals surface area (Å²) in [4.78, 5) is 30.1. The number of nitrogens with one attached hydrogen (secondary N) is 1. The number of piperidine rings is 1. The molecular weight excluding hydrogens is 342 g/mol. The second-order valence-electron chi connectivity index (χ2n) is 7.26. The van der Waals surface area contributed by atoms with E-state index in [0.29, 0.717) is 34.9 Å². The molecule has 7 nitrogen and oxygen atoms in total. The maximum absolute atomic E-state index is 13.3. The highest BCUT2D eigenvalue weighted by Crippen LogP contribution is 2.39. The first-order chi connectivity index (χ1) is 13.1. The number of carbonyl (C=O) groups excluding carboxylic acids is 2. The molecule has 4 rings (SSSR count). The normalized spacial score (nSPS) is 17.1. The molecule has 1 N–H and O–H groups in total. The van der Waals surface area contributed by atoms with Crippen molar-refractivity contribution in [3.05, 3.63) is 35.7 Å². The highest BCUT2D eigenvalue weighted by molar-refractivity contribution is 6.17. The van der Waals surface area contributed by atoms with Gasteiger partial charge >= 0.3 is 0 Å². The summed E-state index contributed by atoms with van der Waals surface area (Å²) in [6.45, 7) is 4.70. The largest absolute Gasteiger partial charge is 0.319 e. The molecule has 7 heteroatoms. The lowest BCUT2D eigenvalue weighted by Crippen LogP contribution is -2.35. The van der Waals surface area contributed by atoms with Crippen LogP contribution >= 0.6 is 0 Å². The second-order valence-corrected chi connectivity index (χ2v) is 7.26. The van der Waals surface area contributed by atoms with E-state index in [0.717, 1.165) is 19.6 Å². The van der Waals surface area contributed by atoms with Crippen molar-refractivity contribution in [1.82, 2.24) is 14.7 Å². The molecule has 0 unspecified atom stereocenters. The van der Waals surface area contributed by atoms with Crippen LogP contribution < -0.4 is 10.2 Å². The Morgan fingerprint density at radius 3 is 2.70 bits per heavy atom. The summed E-state index contributed by atoms with van der Waals surface area (Å²) in [5.74, 6) is -0.256. The zero-order valence-electron chi connectivity index (χ0n) is 15.9. The molecule has 142 valence electrons. The van der Waals surface area contributed by atoms with Gasteiger partial charge in [0.15, 0.2) is 5.69 Å². The molecule has 0 bridgehead atoms. The summed E-state index contributed by atoms with van der Waals surface area (Å²) >= 11 is 0. The van der Waals surface area contributed by atoms with Crippen LogP contribution in [0.15, 0.2) is 24.3 Å². The lowest BCUT2D eigenvalue weighted by molar-refractivity contribution is -0.118. The Morgan fingerprint density at radius 1 is 1.19 bits per heavy atom. The average Bonchev–Trinajstić information content (AvgIpc) is 2.88. The Bertz CT molecular complexity index is 882. The Labute approximate surface area is 158 Å². The fourth-order valence-electron chi connectivity index (χ4n) is 4.05. The monoisotopic (exact) mass is 367 g/mol. The van der Waals surface area contributed by atoms with Gasteiger partial charge in [-0.15, -0.1) is 0 Å². The third-order valence-corrected chi connectivity index (χ3v) is 5.36. The van der Waals surface area contributed by atoms with Gasteiger partial charge < -0.3 is 10.2 Å². The third-order valence-electron chi connectivity index (χ3n) is 5.36. The number of benzene rings is 1. The van der Waals surface area contributed by atoms with Crippen LogP contribution in [0.1, 0.15) is 41.9 Å². The van der Waals surface area contributed by atoms with Gasteiger partial charge in [0, 0.05) is 20.0 Å². The molecule has 3 heterocycles. The molecule has 1 aromatic carbocycles. The molecule has 0 atom stereocenters. The highest BCUT2D eigenvalue weighted by Gasteiger charge is 2.34. The van der Waals surface area contributed by atoms with Crippen LogP contribution in [0.5, 0.6) is 0 Å². The molecule has 27 heavy (non-hydrogen) atoms. The van der Waals surface area contributed by atoms with Crippen LogP contribution in [0.2, 0.25) is 0 Å². The van der Waals surface area contributed by atoms with Gasteiger partial charge in [-0.25, -0.2) is 0 Å². The highest BCUT2D eigenvalue weighted by atomic mass is 16.2. The van der Waals surface area contributed by atoms with Gasteiger partial charge in [-0.3, -0.25) is 19.2 Å². The number of likely N-dealkylation sites (tertiary alicyclic amines) is 1. The fraction of sp³-hybridized carbons (Fsp3) is 0.450. The predicted octanol–water partition coefficient (Wildman–Crippen LogP) is 2.83. The molecule has 0 saturated carbocycles. The molecule has 0 radical (unpaired) electrons. The predicted molar refractivity (Wildman–Crippen MR) is 104 cm³/mol. The maximum atomic E-state index is 13.3. The van der Waals surface area contributed by atoms with Gasteiger partial charge in [0.05, 0.1) is 17.1 Å². The van der Waals surface area contributed by atoms with Crippen LogP contribution in [0.3, 0.4) is 0 Å². The Morgan fingerprint density at radius 2 is 1.93 bits per heavy atom. The van der Waals surface area contributed by atoms with Crippen molar-refractivity contribution in [2.75, 3.05) is 29.9 Å². The zero-order chi connectivity index (χ0) is 19.0. The third kappa shape index (κ3) is 3.23. The number of para-hydroxylation sites is 2. The van der Waals surface area contributed by atoms with E-state index in [4.69, 9.17) is 0 Å². The standard InChI is InChI=1S/C20H25N5O2/c1-14-18-19(23(2)22-14)20(27)21-15-8-4-5-9-16(15)25(18)17(26)10-13-24-11-6-3-7-12-24/h4-5,8-9H,3,6-7,10-13H2,1-2H3,(H,21,27). The first-order valence-corrected chi connectivity index (χ1v) is 9.55. The number of amides is 2. The molecular formula is C20H25N5O2. The van der Waals surface area contributed by atoms with E-state index in [1.54, 1.807) is 16.6 Å². The summed E-state index contributed by atoms with van der Waals surface area (Å²) in [5.41, 5.74) is 3.01. The van der Waals surface area contributed by atoms with Crippen LogP contribution in [0.4, 0.5) is 17.1 Å². The first kappa shape index (κ1) is 17.7. The summed E-state index contributed by atoms with van der Waals surface area (Å²) in [5, 5.41) is 7.31. The number of anilines is 3. The molecule has 2 aliphatic heterocycles. The van der Waals surface area contributed by atoms with Crippen molar-refractivity contribution in [2.45, 2.75) is 32.6 Å². The minimum absolute atomic E-state index is 0.0122. The van der Waals surface area contributed by atoms with Crippen molar-refractivity contribution < 1.29 is 9.59 Å². The Hall–Kier alpha value is -2.67. The number of rotatable bonds is 3. The number of hydrogen-bond donors (Lipinski definition) is 1. The summed E-state index contributed by atoms with van der Waals surface area (Å²) in [6, 6.07) is 7.44. The Balaban J connectivity index is 1.70. The number of carbonyl (C=O) groups is 2. The minimum Gasteiger partial charge on any atom is -0.319 e.